The van der Waals surface area contributed by atoms with Crippen molar-refractivity contribution in [2.75, 3.05) is 20.2 Å². The van der Waals surface area contributed by atoms with Crippen molar-refractivity contribution >= 4 is 0 Å². The molecule has 1 N–H and O–H groups in total. The zero-order chi connectivity index (χ0) is 10.7. The molecular weight excluding hydrogens is 162 g/mol. The van der Waals surface area contributed by atoms with Gasteiger partial charge in [0.2, 0.25) is 0 Å². The Morgan fingerprint density at radius 1 is 1.15 bits per heavy atom. The molecule has 13 heavy (non-hydrogen) atoms. The van der Waals surface area contributed by atoms with Gasteiger partial charge in [-0.15, -0.1) is 0 Å². The van der Waals surface area contributed by atoms with E-state index in [1.165, 1.54) is 0 Å². The summed E-state index contributed by atoms with van der Waals surface area (Å²) in [5, 5.41) is 9.48. The van der Waals surface area contributed by atoms with E-state index in [-0.39, 0.29) is 17.6 Å². The maximum absolute atomic E-state index is 9.48. The summed E-state index contributed by atoms with van der Waals surface area (Å²) in [5.41, 5.74) is -0.0192. The van der Waals surface area contributed by atoms with Gasteiger partial charge in [0.15, 0.2) is 0 Å². The van der Waals surface area contributed by atoms with Crippen LogP contribution in [0.25, 0.3) is 0 Å². The Balaban J connectivity index is 4.62. The first-order valence-electron chi connectivity index (χ1n) is 5.11. The zero-order valence-electron chi connectivity index (χ0n) is 10.0. The molecule has 80 valence electrons. The molecule has 0 radical (unpaired) electrons. The summed E-state index contributed by atoms with van der Waals surface area (Å²) in [6.07, 6.45) is 1.13. The lowest BCUT2D eigenvalue weighted by atomic mass is 9.74. The predicted octanol–water partition coefficient (Wildman–Crippen LogP) is 2.13. The Morgan fingerprint density at radius 3 is 1.85 bits per heavy atom. The van der Waals surface area contributed by atoms with Crippen LogP contribution in [0, 0.1) is 5.41 Å². The van der Waals surface area contributed by atoms with Gasteiger partial charge in [0.1, 0.15) is 0 Å². The minimum atomic E-state index is -0.122. The van der Waals surface area contributed by atoms with Gasteiger partial charge in [-0.05, 0) is 32.4 Å². The molecule has 0 saturated heterocycles. The molecule has 1 unspecified atom stereocenters. The highest BCUT2D eigenvalue weighted by Gasteiger charge is 2.39. The van der Waals surface area contributed by atoms with Gasteiger partial charge in [0.25, 0.3) is 0 Å². The normalized spacial score (nSPS) is 17.5. The van der Waals surface area contributed by atoms with Gasteiger partial charge in [0, 0.05) is 5.54 Å². The van der Waals surface area contributed by atoms with E-state index in [0.717, 1.165) is 13.0 Å². The van der Waals surface area contributed by atoms with E-state index >= 15 is 0 Å². The molecule has 0 rings (SSSR count). The van der Waals surface area contributed by atoms with Gasteiger partial charge in [-0.3, -0.25) is 4.90 Å². The topological polar surface area (TPSA) is 23.5 Å². The van der Waals surface area contributed by atoms with Crippen LogP contribution >= 0.6 is 0 Å². The average molecular weight is 187 g/mol. The van der Waals surface area contributed by atoms with Crippen molar-refractivity contribution in [1.82, 2.24) is 4.90 Å². The first-order valence-corrected chi connectivity index (χ1v) is 5.11. The Kier molecular flexibility index (Phi) is 4.40. The smallest absolute Gasteiger partial charge is 0.0617 e. The van der Waals surface area contributed by atoms with E-state index in [9.17, 15) is 5.11 Å². The molecular formula is C11H25NO. The monoisotopic (exact) mass is 187 g/mol. The van der Waals surface area contributed by atoms with E-state index in [2.05, 4.69) is 46.6 Å². The molecule has 0 fully saturated rings. The summed E-state index contributed by atoms with van der Waals surface area (Å²) >= 11 is 0. The summed E-state index contributed by atoms with van der Waals surface area (Å²) in [7, 11) is 2.09. The number of rotatable bonds is 4. The Labute approximate surface area is 82.9 Å². The number of likely N-dealkylation sites (N-methyl/N-ethyl adjacent to an activating group) is 1. The molecule has 0 aliphatic carbocycles. The van der Waals surface area contributed by atoms with Crippen molar-refractivity contribution in [3.05, 3.63) is 0 Å². The SMILES string of the molecule is CCCN(C)C(C)(CO)C(C)(C)C. The van der Waals surface area contributed by atoms with Gasteiger partial charge in [-0.2, -0.15) is 0 Å². The quantitative estimate of drug-likeness (QED) is 0.729. The fraction of sp³-hybridized carbons (Fsp3) is 1.00. The second kappa shape index (κ2) is 4.43. The van der Waals surface area contributed by atoms with Crippen molar-refractivity contribution in [2.45, 2.75) is 46.6 Å². The van der Waals surface area contributed by atoms with Crippen molar-refractivity contribution in [3.8, 4) is 0 Å². The molecule has 0 aliphatic rings. The average Bonchev–Trinajstić information content (AvgIpc) is 2.01. The first kappa shape index (κ1) is 12.9. The summed E-state index contributed by atoms with van der Waals surface area (Å²) in [4.78, 5) is 2.26. The molecule has 1 atom stereocenters. The van der Waals surface area contributed by atoms with Gasteiger partial charge in [-0.25, -0.2) is 0 Å². The highest BCUT2D eigenvalue weighted by Crippen LogP contribution is 2.34. The number of nitrogens with zero attached hydrogens (tertiary/aromatic N) is 1. The summed E-state index contributed by atoms with van der Waals surface area (Å²) in [6.45, 7) is 12.1. The zero-order valence-corrected chi connectivity index (χ0v) is 10.0. The summed E-state index contributed by atoms with van der Waals surface area (Å²) < 4.78 is 0. The molecule has 0 bridgehead atoms. The third-order valence-electron chi connectivity index (χ3n) is 3.33. The first-order chi connectivity index (χ1) is 5.79. The van der Waals surface area contributed by atoms with Crippen LogP contribution in [0.2, 0.25) is 0 Å². The number of aliphatic hydroxyl groups excluding tert-OH is 1. The molecule has 2 nitrogen and oxygen atoms in total. The lowest BCUT2D eigenvalue weighted by Gasteiger charge is -2.47. The van der Waals surface area contributed by atoms with Crippen molar-refractivity contribution in [1.29, 1.82) is 0 Å². The van der Waals surface area contributed by atoms with Gasteiger partial charge in [0.05, 0.1) is 6.61 Å². The molecule has 0 heterocycles. The van der Waals surface area contributed by atoms with Crippen LogP contribution in [-0.4, -0.2) is 35.7 Å². The van der Waals surface area contributed by atoms with E-state index in [0.29, 0.717) is 0 Å². The Morgan fingerprint density at radius 2 is 1.62 bits per heavy atom. The van der Waals surface area contributed by atoms with Gasteiger partial charge in [-0.1, -0.05) is 27.7 Å². The minimum absolute atomic E-state index is 0.103. The molecule has 0 aromatic carbocycles. The molecule has 0 spiro atoms. The van der Waals surface area contributed by atoms with E-state index in [1.807, 2.05) is 0 Å². The van der Waals surface area contributed by atoms with Gasteiger partial charge < -0.3 is 5.11 Å². The van der Waals surface area contributed by atoms with Crippen molar-refractivity contribution in [3.63, 3.8) is 0 Å². The second-order valence-electron chi connectivity index (χ2n) is 5.10. The molecule has 0 aromatic rings. The van der Waals surface area contributed by atoms with E-state index < -0.39 is 0 Å². The predicted molar refractivity (Wildman–Crippen MR) is 57.9 cm³/mol. The van der Waals surface area contributed by atoms with Crippen LogP contribution in [0.15, 0.2) is 0 Å². The van der Waals surface area contributed by atoms with E-state index in [4.69, 9.17) is 0 Å². The minimum Gasteiger partial charge on any atom is -0.394 e. The molecule has 2 heteroatoms. The number of hydrogen-bond acceptors (Lipinski definition) is 2. The Hall–Kier alpha value is -0.0800. The fourth-order valence-electron chi connectivity index (χ4n) is 1.51. The maximum atomic E-state index is 9.48. The summed E-state index contributed by atoms with van der Waals surface area (Å²) in [5.74, 6) is 0. The third kappa shape index (κ3) is 2.68. The summed E-state index contributed by atoms with van der Waals surface area (Å²) in [6, 6.07) is 0. The lowest BCUT2D eigenvalue weighted by Crippen LogP contribution is -2.56. The third-order valence-corrected chi connectivity index (χ3v) is 3.33. The molecule has 0 amide bonds. The van der Waals surface area contributed by atoms with E-state index in [1.54, 1.807) is 0 Å². The van der Waals surface area contributed by atoms with Gasteiger partial charge >= 0.3 is 0 Å². The standard InChI is InChI=1S/C11H25NO/c1-7-8-12(6)11(5,9-13)10(2,3)4/h13H,7-9H2,1-6H3. The second-order valence-corrected chi connectivity index (χ2v) is 5.10. The molecule has 0 saturated carbocycles. The molecule has 0 aliphatic heterocycles. The van der Waals surface area contributed by atoms with Crippen LogP contribution in [0.4, 0.5) is 0 Å². The largest absolute Gasteiger partial charge is 0.394 e. The van der Waals surface area contributed by atoms with Crippen LogP contribution in [-0.2, 0) is 0 Å². The lowest BCUT2D eigenvalue weighted by molar-refractivity contribution is -0.0201. The van der Waals surface area contributed by atoms with Crippen LogP contribution in [0.3, 0.4) is 0 Å². The fourth-order valence-corrected chi connectivity index (χ4v) is 1.51. The van der Waals surface area contributed by atoms with Crippen LogP contribution < -0.4 is 0 Å². The van der Waals surface area contributed by atoms with Crippen molar-refractivity contribution < 1.29 is 5.11 Å². The highest BCUT2D eigenvalue weighted by atomic mass is 16.3. The number of hydrogen-bond donors (Lipinski definition) is 1. The maximum Gasteiger partial charge on any atom is 0.0617 e. The Bertz CT molecular complexity index is 151. The highest BCUT2D eigenvalue weighted by molar-refractivity contribution is 4.94. The molecule has 0 aromatic heterocycles. The van der Waals surface area contributed by atoms with Crippen LogP contribution in [0.1, 0.15) is 41.0 Å². The number of aliphatic hydroxyl groups is 1. The van der Waals surface area contributed by atoms with Crippen molar-refractivity contribution in [2.24, 2.45) is 5.41 Å². The van der Waals surface area contributed by atoms with Crippen LogP contribution in [0.5, 0.6) is 0 Å².